The normalized spacial score (nSPS) is 19.0. The van der Waals surface area contributed by atoms with Crippen molar-refractivity contribution in [3.63, 3.8) is 0 Å². The zero-order valence-corrected chi connectivity index (χ0v) is 15.9. The third-order valence-electron chi connectivity index (χ3n) is 4.83. The molecular formula is C18H25FN4O4. The molecule has 2 aliphatic heterocycles. The summed E-state index contributed by atoms with van der Waals surface area (Å²) in [7, 11) is 0. The van der Waals surface area contributed by atoms with Crippen molar-refractivity contribution in [2.45, 2.75) is 32.4 Å². The maximum absolute atomic E-state index is 14.2. The monoisotopic (exact) mass is 380 g/mol. The van der Waals surface area contributed by atoms with Crippen molar-refractivity contribution in [1.82, 2.24) is 9.80 Å². The molecule has 0 aliphatic carbocycles. The number of nitro benzene ring substituents is 1. The Morgan fingerprint density at radius 3 is 2.37 bits per heavy atom. The van der Waals surface area contributed by atoms with Crippen molar-refractivity contribution in [3.05, 3.63) is 34.1 Å². The average Bonchev–Trinajstić information content (AvgIpc) is 2.52. The van der Waals surface area contributed by atoms with E-state index in [4.69, 9.17) is 4.74 Å². The van der Waals surface area contributed by atoms with E-state index in [0.29, 0.717) is 37.9 Å². The molecule has 0 N–H and O–H groups in total. The van der Waals surface area contributed by atoms with E-state index in [1.54, 1.807) is 4.90 Å². The van der Waals surface area contributed by atoms with Crippen LogP contribution in [0.2, 0.25) is 0 Å². The van der Waals surface area contributed by atoms with E-state index in [1.165, 1.54) is 12.1 Å². The Bertz CT molecular complexity index is 723. The minimum absolute atomic E-state index is 0.244. The van der Waals surface area contributed by atoms with E-state index in [9.17, 15) is 19.3 Å². The Balaban J connectivity index is 1.49. The second-order valence-corrected chi connectivity index (χ2v) is 7.95. The molecule has 0 radical (unpaired) electrons. The predicted molar refractivity (Wildman–Crippen MR) is 98.4 cm³/mol. The summed E-state index contributed by atoms with van der Waals surface area (Å²) in [6.07, 6.45) is -0.287. The Morgan fingerprint density at radius 2 is 1.85 bits per heavy atom. The van der Waals surface area contributed by atoms with Gasteiger partial charge in [0.25, 0.3) is 5.69 Å². The molecule has 148 valence electrons. The van der Waals surface area contributed by atoms with Gasteiger partial charge in [0.1, 0.15) is 5.60 Å². The van der Waals surface area contributed by atoms with Gasteiger partial charge in [-0.05, 0) is 26.8 Å². The lowest BCUT2D eigenvalue weighted by molar-refractivity contribution is -0.385. The predicted octanol–water partition coefficient (Wildman–Crippen LogP) is 2.48. The molecule has 0 bridgehead atoms. The molecule has 9 heteroatoms. The van der Waals surface area contributed by atoms with Crippen LogP contribution in [0.3, 0.4) is 0 Å². The lowest BCUT2D eigenvalue weighted by Gasteiger charge is -2.48. The molecule has 0 aromatic heterocycles. The third kappa shape index (κ3) is 4.47. The summed E-state index contributed by atoms with van der Waals surface area (Å²) in [5.41, 5.74) is -0.348. The smallest absolute Gasteiger partial charge is 0.410 e. The number of likely N-dealkylation sites (tertiary alicyclic amines) is 1. The highest BCUT2D eigenvalue weighted by molar-refractivity contribution is 5.69. The van der Waals surface area contributed by atoms with E-state index in [1.807, 2.05) is 25.7 Å². The summed E-state index contributed by atoms with van der Waals surface area (Å²) in [5, 5.41) is 10.7. The van der Waals surface area contributed by atoms with E-state index >= 15 is 0 Å². The van der Waals surface area contributed by atoms with Crippen LogP contribution in [-0.2, 0) is 4.74 Å². The summed E-state index contributed by atoms with van der Waals surface area (Å²) in [6.45, 7) is 9.60. The molecule has 0 saturated carbocycles. The van der Waals surface area contributed by atoms with E-state index in [0.717, 1.165) is 19.2 Å². The lowest BCUT2D eigenvalue weighted by atomic mass is 10.1. The van der Waals surface area contributed by atoms with Crippen molar-refractivity contribution in [2.75, 3.05) is 44.2 Å². The van der Waals surface area contributed by atoms with Crippen LogP contribution in [0.5, 0.6) is 0 Å². The largest absolute Gasteiger partial charge is 0.444 e. The Labute approximate surface area is 157 Å². The number of rotatable bonds is 3. The van der Waals surface area contributed by atoms with Gasteiger partial charge < -0.3 is 14.5 Å². The van der Waals surface area contributed by atoms with Gasteiger partial charge in [-0.25, -0.2) is 9.18 Å². The molecule has 1 aromatic carbocycles. The highest BCUT2D eigenvalue weighted by atomic mass is 19.1. The average molecular weight is 380 g/mol. The number of halogens is 1. The molecular weight excluding hydrogens is 355 g/mol. The van der Waals surface area contributed by atoms with Gasteiger partial charge in [-0.1, -0.05) is 0 Å². The van der Waals surface area contributed by atoms with Gasteiger partial charge in [-0.3, -0.25) is 15.0 Å². The number of amides is 1. The molecule has 27 heavy (non-hydrogen) atoms. The molecule has 1 aromatic rings. The van der Waals surface area contributed by atoms with Gasteiger partial charge in [0.05, 0.1) is 16.7 Å². The second-order valence-electron chi connectivity index (χ2n) is 7.95. The van der Waals surface area contributed by atoms with Gasteiger partial charge in [0, 0.05) is 51.4 Å². The SMILES string of the molecule is CC(C)(C)OC(=O)N1CC(N2CCN(c3ccc([N+](=O)[O-])cc3F)CC2)C1. The maximum atomic E-state index is 14.2. The van der Waals surface area contributed by atoms with Gasteiger partial charge in [-0.2, -0.15) is 0 Å². The Hall–Kier alpha value is -2.42. The first kappa shape index (κ1) is 19.3. The Morgan fingerprint density at radius 1 is 1.22 bits per heavy atom. The summed E-state index contributed by atoms with van der Waals surface area (Å²) < 4.78 is 19.5. The Kier molecular flexibility index (Phi) is 5.23. The van der Waals surface area contributed by atoms with E-state index in [-0.39, 0.29) is 11.8 Å². The maximum Gasteiger partial charge on any atom is 0.410 e. The van der Waals surface area contributed by atoms with Crippen LogP contribution in [0.15, 0.2) is 18.2 Å². The molecule has 2 fully saturated rings. The molecule has 2 aliphatic rings. The number of nitro groups is 1. The van der Waals surface area contributed by atoms with Crippen LogP contribution in [-0.4, -0.2) is 71.7 Å². The van der Waals surface area contributed by atoms with Gasteiger partial charge in [0.15, 0.2) is 5.82 Å². The fraction of sp³-hybridized carbons (Fsp3) is 0.611. The van der Waals surface area contributed by atoms with Crippen LogP contribution in [0.1, 0.15) is 20.8 Å². The standard InChI is InChI=1S/C18H25FN4O4/c1-18(2,3)27-17(24)22-11-14(12-22)20-6-8-21(9-7-20)16-5-4-13(23(25)26)10-15(16)19/h4-5,10,14H,6-9,11-12H2,1-3H3. The summed E-state index contributed by atoms with van der Waals surface area (Å²) in [5.74, 6) is -0.572. The van der Waals surface area contributed by atoms with Crippen LogP contribution in [0.4, 0.5) is 20.6 Å². The van der Waals surface area contributed by atoms with Gasteiger partial charge in [-0.15, -0.1) is 0 Å². The number of ether oxygens (including phenoxy) is 1. The summed E-state index contributed by atoms with van der Waals surface area (Å²) in [4.78, 5) is 28.0. The number of benzene rings is 1. The first-order chi connectivity index (χ1) is 12.6. The summed E-state index contributed by atoms with van der Waals surface area (Å²) in [6, 6.07) is 4.06. The zero-order valence-electron chi connectivity index (χ0n) is 15.9. The molecule has 0 unspecified atom stereocenters. The van der Waals surface area contributed by atoms with E-state index < -0.39 is 16.3 Å². The van der Waals surface area contributed by atoms with Crippen molar-refractivity contribution < 1.29 is 18.8 Å². The molecule has 2 heterocycles. The fourth-order valence-electron chi connectivity index (χ4n) is 3.36. The quantitative estimate of drug-likeness (QED) is 0.592. The minimum atomic E-state index is -0.599. The highest BCUT2D eigenvalue weighted by Gasteiger charge is 2.38. The number of hydrogen-bond acceptors (Lipinski definition) is 6. The number of anilines is 1. The van der Waals surface area contributed by atoms with Crippen LogP contribution >= 0.6 is 0 Å². The number of piperazine rings is 1. The molecule has 8 nitrogen and oxygen atoms in total. The number of hydrogen-bond donors (Lipinski definition) is 0. The topological polar surface area (TPSA) is 79.2 Å². The highest BCUT2D eigenvalue weighted by Crippen LogP contribution is 2.26. The fourth-order valence-corrected chi connectivity index (χ4v) is 3.36. The zero-order chi connectivity index (χ0) is 19.8. The van der Waals surface area contributed by atoms with Crippen molar-refractivity contribution in [1.29, 1.82) is 0 Å². The van der Waals surface area contributed by atoms with Gasteiger partial charge >= 0.3 is 6.09 Å². The molecule has 0 atom stereocenters. The minimum Gasteiger partial charge on any atom is -0.444 e. The first-order valence-corrected chi connectivity index (χ1v) is 9.05. The van der Waals surface area contributed by atoms with Gasteiger partial charge in [0.2, 0.25) is 0 Å². The second kappa shape index (κ2) is 7.30. The number of carbonyl (C=O) groups excluding carboxylic acids is 1. The van der Waals surface area contributed by atoms with Crippen LogP contribution < -0.4 is 4.90 Å². The molecule has 1 amide bonds. The number of nitrogens with zero attached hydrogens (tertiary/aromatic N) is 4. The third-order valence-corrected chi connectivity index (χ3v) is 4.83. The van der Waals surface area contributed by atoms with Crippen molar-refractivity contribution >= 4 is 17.5 Å². The number of non-ortho nitro benzene ring substituents is 1. The first-order valence-electron chi connectivity index (χ1n) is 9.05. The van der Waals surface area contributed by atoms with E-state index in [2.05, 4.69) is 4.90 Å². The molecule has 3 rings (SSSR count). The van der Waals surface area contributed by atoms with Crippen LogP contribution in [0.25, 0.3) is 0 Å². The summed E-state index contributed by atoms with van der Waals surface area (Å²) >= 11 is 0. The lowest BCUT2D eigenvalue weighted by Crippen LogP contribution is -2.64. The molecule has 2 saturated heterocycles. The number of carbonyl (C=O) groups is 1. The van der Waals surface area contributed by atoms with Crippen molar-refractivity contribution in [3.8, 4) is 0 Å². The molecule has 0 spiro atoms. The van der Waals surface area contributed by atoms with Crippen LogP contribution in [0, 0.1) is 15.9 Å². The van der Waals surface area contributed by atoms with Crippen molar-refractivity contribution in [2.24, 2.45) is 0 Å².